The predicted molar refractivity (Wildman–Crippen MR) is 134 cm³/mol. The molecule has 3 aromatic rings. The summed E-state index contributed by atoms with van der Waals surface area (Å²) in [6, 6.07) is 17.2. The lowest BCUT2D eigenvalue weighted by Gasteiger charge is -2.13. The van der Waals surface area contributed by atoms with E-state index in [9.17, 15) is 9.59 Å². The van der Waals surface area contributed by atoms with E-state index in [4.69, 9.17) is 44.3 Å². The first-order valence-electron chi connectivity index (χ1n) is 9.96. The van der Waals surface area contributed by atoms with Crippen LogP contribution < -0.4 is 20.2 Å². The fourth-order valence-electron chi connectivity index (χ4n) is 2.86. The van der Waals surface area contributed by atoms with Gasteiger partial charge in [0.1, 0.15) is 0 Å². The summed E-state index contributed by atoms with van der Waals surface area (Å²) in [6.07, 6.45) is 1.64. The van der Waals surface area contributed by atoms with E-state index in [0.717, 1.165) is 5.56 Å². The number of hydrazone groups is 1. The van der Waals surface area contributed by atoms with E-state index in [-0.39, 0.29) is 29.7 Å². The van der Waals surface area contributed by atoms with Crippen LogP contribution in [0.3, 0.4) is 0 Å². The molecule has 0 saturated carbocycles. The van der Waals surface area contributed by atoms with E-state index in [1.165, 1.54) is 19.4 Å². The number of ether oxygens (including phenoxy) is 2. The Bertz CT molecular complexity index is 1200. The molecule has 0 radical (unpaired) electrons. The summed E-state index contributed by atoms with van der Waals surface area (Å²) < 4.78 is 10.9. The van der Waals surface area contributed by atoms with E-state index in [1.807, 2.05) is 30.3 Å². The number of methoxy groups -OCH3 is 1. The van der Waals surface area contributed by atoms with E-state index in [2.05, 4.69) is 15.8 Å². The molecule has 0 aliphatic carbocycles. The summed E-state index contributed by atoms with van der Waals surface area (Å²) in [6.45, 7) is -0.320. The van der Waals surface area contributed by atoms with Gasteiger partial charge in [-0.25, -0.2) is 5.43 Å². The summed E-state index contributed by atoms with van der Waals surface area (Å²) in [5.41, 5.74) is 4.38. The fourth-order valence-corrected chi connectivity index (χ4v) is 3.43. The lowest BCUT2D eigenvalue weighted by Crippen LogP contribution is -2.20. The average Bonchev–Trinajstić information content (AvgIpc) is 2.81. The molecule has 0 unspecified atom stereocenters. The molecule has 0 aliphatic rings. The fraction of sp³-hybridized carbons (Fsp3) is 0.125. The number of rotatable bonds is 9. The first kappa shape index (κ1) is 25.4. The van der Waals surface area contributed by atoms with Crippen molar-refractivity contribution in [3.05, 3.63) is 86.9 Å². The Morgan fingerprint density at radius 2 is 1.71 bits per heavy atom. The van der Waals surface area contributed by atoms with Crippen molar-refractivity contribution in [1.82, 2.24) is 5.43 Å². The molecule has 3 rings (SSSR count). The van der Waals surface area contributed by atoms with Gasteiger partial charge in [0, 0.05) is 5.69 Å². The summed E-state index contributed by atoms with van der Waals surface area (Å²) in [5, 5.41) is 7.51. The number of halogens is 3. The Labute approximate surface area is 211 Å². The summed E-state index contributed by atoms with van der Waals surface area (Å²) >= 11 is 18.2. The summed E-state index contributed by atoms with van der Waals surface area (Å²) in [5.74, 6) is -0.192. The largest absolute Gasteiger partial charge is 0.493 e. The van der Waals surface area contributed by atoms with E-state index < -0.39 is 5.91 Å². The number of anilines is 1. The second-order valence-corrected chi connectivity index (χ2v) is 8.18. The van der Waals surface area contributed by atoms with Gasteiger partial charge >= 0.3 is 0 Å². The second kappa shape index (κ2) is 12.3. The van der Waals surface area contributed by atoms with Crippen LogP contribution >= 0.6 is 34.8 Å². The Morgan fingerprint density at radius 1 is 0.941 bits per heavy atom. The zero-order chi connectivity index (χ0) is 24.5. The van der Waals surface area contributed by atoms with Gasteiger partial charge in [-0.15, -0.1) is 0 Å². The molecular weight excluding hydrogens is 501 g/mol. The molecule has 0 aliphatic heterocycles. The molecule has 0 fully saturated rings. The standard InChI is InChI=1S/C24H20Cl3N3O4/c1-33-21-10-16(13-28-30-22(31)11-15-5-3-2-4-6-15)9-20(27)24(21)34-14-23(32)29-17-7-8-18(25)19(26)12-17/h2-10,12-13H,11,14H2,1H3,(H,29,32)(H,30,31)/b28-13+. The SMILES string of the molecule is COc1cc(/C=N/NC(=O)Cc2ccccc2)cc(Cl)c1OCC(=O)Nc1ccc(Cl)c(Cl)c1. The summed E-state index contributed by atoms with van der Waals surface area (Å²) in [4.78, 5) is 24.3. The van der Waals surface area contributed by atoms with Crippen LogP contribution in [0.25, 0.3) is 0 Å². The van der Waals surface area contributed by atoms with Crippen molar-refractivity contribution in [2.45, 2.75) is 6.42 Å². The van der Waals surface area contributed by atoms with E-state index in [0.29, 0.717) is 27.0 Å². The number of carbonyl (C=O) groups excluding carboxylic acids is 2. The van der Waals surface area contributed by atoms with Crippen molar-refractivity contribution in [2.75, 3.05) is 19.0 Å². The van der Waals surface area contributed by atoms with Crippen LogP contribution in [0.1, 0.15) is 11.1 Å². The molecule has 0 bridgehead atoms. The Kier molecular flexibility index (Phi) is 9.16. The third-order valence-corrected chi connectivity index (χ3v) is 5.43. The molecular formula is C24H20Cl3N3O4. The van der Waals surface area contributed by atoms with Crippen molar-refractivity contribution in [2.24, 2.45) is 5.10 Å². The second-order valence-electron chi connectivity index (χ2n) is 6.96. The molecule has 7 nitrogen and oxygen atoms in total. The van der Waals surface area contributed by atoms with Crippen LogP contribution in [0.4, 0.5) is 5.69 Å². The monoisotopic (exact) mass is 519 g/mol. The van der Waals surface area contributed by atoms with Crippen molar-refractivity contribution in [1.29, 1.82) is 0 Å². The lowest BCUT2D eigenvalue weighted by molar-refractivity contribution is -0.120. The molecule has 10 heteroatoms. The lowest BCUT2D eigenvalue weighted by atomic mass is 10.1. The van der Waals surface area contributed by atoms with Crippen LogP contribution in [0, 0.1) is 0 Å². The minimum Gasteiger partial charge on any atom is -0.493 e. The highest BCUT2D eigenvalue weighted by atomic mass is 35.5. The number of carbonyl (C=O) groups is 2. The first-order valence-corrected chi connectivity index (χ1v) is 11.1. The van der Waals surface area contributed by atoms with Crippen LogP contribution in [0.5, 0.6) is 11.5 Å². The maximum absolute atomic E-state index is 12.2. The Hall–Kier alpha value is -3.26. The smallest absolute Gasteiger partial charge is 0.262 e. The quantitative estimate of drug-likeness (QED) is 0.293. The number of benzene rings is 3. The topological polar surface area (TPSA) is 89.0 Å². The molecule has 0 saturated heterocycles. The highest BCUT2D eigenvalue weighted by molar-refractivity contribution is 6.42. The van der Waals surface area contributed by atoms with Gasteiger partial charge in [0.05, 0.1) is 34.8 Å². The Balaban J connectivity index is 1.59. The molecule has 34 heavy (non-hydrogen) atoms. The van der Waals surface area contributed by atoms with Crippen molar-refractivity contribution in [3.63, 3.8) is 0 Å². The Morgan fingerprint density at radius 3 is 2.41 bits per heavy atom. The van der Waals surface area contributed by atoms with Crippen molar-refractivity contribution >= 4 is 58.5 Å². The minimum absolute atomic E-state index is 0.193. The summed E-state index contributed by atoms with van der Waals surface area (Å²) in [7, 11) is 1.44. The van der Waals surface area contributed by atoms with Gasteiger partial charge < -0.3 is 14.8 Å². The van der Waals surface area contributed by atoms with Gasteiger partial charge in [0.2, 0.25) is 5.91 Å². The third kappa shape index (κ3) is 7.38. The molecule has 0 heterocycles. The van der Waals surface area contributed by atoms with Gasteiger partial charge in [-0.3, -0.25) is 9.59 Å². The van der Waals surface area contributed by atoms with Gasteiger partial charge in [-0.2, -0.15) is 5.10 Å². The van der Waals surface area contributed by atoms with E-state index >= 15 is 0 Å². The normalized spacial score (nSPS) is 10.7. The van der Waals surface area contributed by atoms with Crippen LogP contribution in [0.2, 0.25) is 15.1 Å². The first-order chi connectivity index (χ1) is 16.4. The third-order valence-electron chi connectivity index (χ3n) is 4.41. The number of hydrogen-bond donors (Lipinski definition) is 2. The van der Waals surface area contributed by atoms with Crippen LogP contribution in [-0.2, 0) is 16.0 Å². The van der Waals surface area contributed by atoms with Gasteiger partial charge in [0.25, 0.3) is 5.91 Å². The number of hydrogen-bond acceptors (Lipinski definition) is 5. The highest BCUT2D eigenvalue weighted by Gasteiger charge is 2.14. The van der Waals surface area contributed by atoms with Gasteiger partial charge in [-0.1, -0.05) is 65.1 Å². The van der Waals surface area contributed by atoms with Crippen molar-refractivity contribution < 1.29 is 19.1 Å². The van der Waals surface area contributed by atoms with Crippen LogP contribution in [0.15, 0.2) is 65.8 Å². The molecule has 2 N–H and O–H groups in total. The van der Waals surface area contributed by atoms with Crippen LogP contribution in [-0.4, -0.2) is 31.7 Å². The highest BCUT2D eigenvalue weighted by Crippen LogP contribution is 2.36. The van der Waals surface area contributed by atoms with Gasteiger partial charge in [-0.05, 0) is 41.5 Å². The maximum atomic E-state index is 12.2. The predicted octanol–water partition coefficient (Wildman–Crippen LogP) is 5.37. The number of nitrogens with one attached hydrogen (secondary N) is 2. The molecule has 3 aromatic carbocycles. The van der Waals surface area contributed by atoms with E-state index in [1.54, 1.807) is 24.3 Å². The zero-order valence-electron chi connectivity index (χ0n) is 18.0. The molecule has 0 aromatic heterocycles. The zero-order valence-corrected chi connectivity index (χ0v) is 20.2. The molecule has 0 atom stereocenters. The molecule has 0 spiro atoms. The van der Waals surface area contributed by atoms with Gasteiger partial charge in [0.15, 0.2) is 18.1 Å². The minimum atomic E-state index is -0.428. The average molecular weight is 521 g/mol. The number of nitrogens with zero attached hydrogens (tertiary/aromatic N) is 1. The number of amides is 2. The maximum Gasteiger partial charge on any atom is 0.262 e. The van der Waals surface area contributed by atoms with Crippen molar-refractivity contribution in [3.8, 4) is 11.5 Å². The molecule has 2 amide bonds. The molecule has 176 valence electrons.